The summed E-state index contributed by atoms with van der Waals surface area (Å²) in [5.41, 5.74) is -1.57. The summed E-state index contributed by atoms with van der Waals surface area (Å²) in [7, 11) is -0.405. The molecule has 1 aliphatic rings. The molecule has 0 bridgehead atoms. The first-order valence-electron chi connectivity index (χ1n) is 5.95. The molecule has 100 valence electrons. The van der Waals surface area contributed by atoms with Crippen molar-refractivity contribution >= 4 is 0 Å². The Morgan fingerprint density at radius 3 is 2.78 bits per heavy atom. The highest BCUT2D eigenvalue weighted by Gasteiger charge is 2.44. The number of ether oxygens (including phenoxy) is 1. The number of aliphatic hydroxyl groups excluding tert-OH is 3. The first-order valence-corrected chi connectivity index (χ1v) is 5.25. The molecule has 1 aromatic rings. The molecule has 18 heavy (non-hydrogen) atoms. The number of aromatic amines is 1. The van der Waals surface area contributed by atoms with E-state index in [0.29, 0.717) is 0 Å². The SMILES string of the molecule is [2H]Cn1cc([C@@H]2O[C@H](CO)[C@@H](O)[C@H]2O)c(=O)[nH]c1=O. The van der Waals surface area contributed by atoms with E-state index < -0.39 is 49.3 Å². The zero-order valence-corrected chi connectivity index (χ0v) is 9.31. The highest BCUT2D eigenvalue weighted by Crippen LogP contribution is 2.31. The van der Waals surface area contributed by atoms with E-state index in [1.54, 1.807) is 0 Å². The summed E-state index contributed by atoms with van der Waals surface area (Å²) in [5.74, 6) is 0. The minimum absolute atomic E-state index is 0.0747. The molecule has 0 aromatic carbocycles. The van der Waals surface area contributed by atoms with E-state index in [4.69, 9.17) is 11.2 Å². The number of aryl methyl sites for hydroxylation is 1. The highest BCUT2D eigenvalue weighted by molar-refractivity contribution is 5.14. The lowest BCUT2D eigenvalue weighted by atomic mass is 10.0. The fourth-order valence-electron chi connectivity index (χ4n) is 1.89. The fourth-order valence-corrected chi connectivity index (χ4v) is 1.89. The van der Waals surface area contributed by atoms with Crippen LogP contribution in [0.4, 0.5) is 0 Å². The molecule has 1 aromatic heterocycles. The predicted molar refractivity (Wildman–Crippen MR) is 59.0 cm³/mol. The molecule has 0 unspecified atom stereocenters. The molecule has 1 fully saturated rings. The molecule has 0 saturated carbocycles. The summed E-state index contributed by atoms with van der Waals surface area (Å²) in [6.45, 7) is -0.509. The molecule has 8 nitrogen and oxygen atoms in total. The molecule has 0 aliphatic carbocycles. The van der Waals surface area contributed by atoms with Crippen LogP contribution in [-0.2, 0) is 11.8 Å². The Labute approximate surface area is 102 Å². The Kier molecular flexibility index (Phi) is 3.00. The summed E-state index contributed by atoms with van der Waals surface area (Å²) >= 11 is 0. The van der Waals surface area contributed by atoms with Crippen LogP contribution in [0.25, 0.3) is 0 Å². The van der Waals surface area contributed by atoms with Gasteiger partial charge in [-0.2, -0.15) is 0 Å². The Morgan fingerprint density at radius 2 is 2.22 bits per heavy atom. The van der Waals surface area contributed by atoms with E-state index in [0.717, 1.165) is 10.8 Å². The van der Waals surface area contributed by atoms with E-state index in [2.05, 4.69) is 0 Å². The lowest BCUT2D eigenvalue weighted by Gasteiger charge is -2.14. The van der Waals surface area contributed by atoms with Crippen molar-refractivity contribution in [1.29, 1.82) is 0 Å². The summed E-state index contributed by atoms with van der Waals surface area (Å²) in [5, 5.41) is 28.4. The van der Waals surface area contributed by atoms with E-state index >= 15 is 0 Å². The summed E-state index contributed by atoms with van der Waals surface area (Å²) in [6.07, 6.45) is -3.78. The van der Waals surface area contributed by atoms with Crippen molar-refractivity contribution < 1.29 is 21.4 Å². The van der Waals surface area contributed by atoms with Crippen molar-refractivity contribution in [2.24, 2.45) is 7.02 Å². The molecular formula is C10H14N2O6. The topological polar surface area (TPSA) is 125 Å². The van der Waals surface area contributed by atoms with Gasteiger partial charge in [0.05, 0.1) is 12.2 Å². The number of nitrogens with one attached hydrogen (secondary N) is 1. The lowest BCUT2D eigenvalue weighted by molar-refractivity contribution is -0.0233. The monoisotopic (exact) mass is 259 g/mol. The van der Waals surface area contributed by atoms with Gasteiger partial charge in [0.15, 0.2) is 0 Å². The van der Waals surface area contributed by atoms with Crippen LogP contribution in [0.2, 0.25) is 0 Å². The predicted octanol–water partition coefficient (Wildman–Crippen LogP) is -2.77. The van der Waals surface area contributed by atoms with Gasteiger partial charge in [0.2, 0.25) is 0 Å². The number of rotatable bonds is 2. The van der Waals surface area contributed by atoms with Crippen molar-refractivity contribution in [3.8, 4) is 0 Å². The van der Waals surface area contributed by atoms with Crippen molar-refractivity contribution in [3.05, 3.63) is 32.6 Å². The van der Waals surface area contributed by atoms with Gasteiger partial charge in [-0.15, -0.1) is 0 Å². The summed E-state index contributed by atoms with van der Waals surface area (Å²) in [6, 6.07) is 0. The number of hydrogen-bond acceptors (Lipinski definition) is 6. The smallest absolute Gasteiger partial charge is 0.328 e. The van der Waals surface area contributed by atoms with Crippen molar-refractivity contribution in [2.75, 3.05) is 6.61 Å². The van der Waals surface area contributed by atoms with Crippen LogP contribution in [0.15, 0.2) is 15.8 Å². The molecule has 4 atom stereocenters. The molecule has 4 N–H and O–H groups in total. The van der Waals surface area contributed by atoms with Crippen LogP contribution in [-0.4, -0.2) is 49.8 Å². The van der Waals surface area contributed by atoms with Crippen LogP contribution in [0.1, 0.15) is 13.0 Å². The van der Waals surface area contributed by atoms with E-state index in [1.165, 1.54) is 0 Å². The zero-order valence-electron chi connectivity index (χ0n) is 10.3. The number of hydrogen-bond donors (Lipinski definition) is 4. The molecule has 0 spiro atoms. The maximum Gasteiger partial charge on any atom is 0.328 e. The van der Waals surface area contributed by atoms with E-state index in [-0.39, 0.29) is 5.56 Å². The first-order chi connectivity index (χ1) is 8.99. The van der Waals surface area contributed by atoms with Gasteiger partial charge in [-0.05, 0) is 0 Å². The van der Waals surface area contributed by atoms with Crippen molar-refractivity contribution in [3.63, 3.8) is 0 Å². The molecule has 2 rings (SSSR count). The summed E-state index contributed by atoms with van der Waals surface area (Å²) < 4.78 is 13.3. The highest BCUT2D eigenvalue weighted by atomic mass is 16.6. The average Bonchev–Trinajstić information content (AvgIpc) is 2.67. The van der Waals surface area contributed by atoms with Crippen LogP contribution in [0, 0.1) is 0 Å². The minimum Gasteiger partial charge on any atom is -0.394 e. The number of nitrogens with zero attached hydrogens (tertiary/aromatic N) is 1. The Hall–Kier alpha value is -1.48. The molecule has 2 heterocycles. The number of H-pyrrole nitrogens is 1. The van der Waals surface area contributed by atoms with Gasteiger partial charge in [0.1, 0.15) is 24.4 Å². The third kappa shape index (κ3) is 1.99. The normalized spacial score (nSPS) is 32.5. The van der Waals surface area contributed by atoms with Gasteiger partial charge >= 0.3 is 5.69 Å². The maximum atomic E-state index is 11.7. The lowest BCUT2D eigenvalue weighted by Crippen LogP contribution is -2.35. The third-order valence-electron chi connectivity index (χ3n) is 2.89. The quantitative estimate of drug-likeness (QED) is 0.455. The van der Waals surface area contributed by atoms with E-state index in [1.807, 2.05) is 4.98 Å². The molecule has 1 aliphatic heterocycles. The standard InChI is InChI=1S/C10H14N2O6/c1-12-2-4(9(16)11-10(12)17)8-7(15)6(14)5(3-13)18-8/h2,5-8,13-15H,3H2,1H3,(H,11,16,17)/t5-,6-,7-,8+/m1/s1/i1D. The fraction of sp³-hybridized carbons (Fsp3) is 0.600. The maximum absolute atomic E-state index is 11.7. The molecule has 1 saturated heterocycles. The van der Waals surface area contributed by atoms with Gasteiger partial charge in [0, 0.05) is 14.6 Å². The van der Waals surface area contributed by atoms with Gasteiger partial charge in [-0.3, -0.25) is 9.78 Å². The molecular weight excluding hydrogens is 244 g/mol. The number of aromatic nitrogens is 2. The van der Waals surface area contributed by atoms with Gasteiger partial charge in [-0.1, -0.05) is 0 Å². The largest absolute Gasteiger partial charge is 0.394 e. The van der Waals surface area contributed by atoms with E-state index in [9.17, 15) is 19.8 Å². The average molecular weight is 259 g/mol. The summed E-state index contributed by atoms with van der Waals surface area (Å²) in [4.78, 5) is 25.0. The second-order valence-corrected chi connectivity index (χ2v) is 4.07. The zero-order chi connectivity index (χ0) is 14.2. The van der Waals surface area contributed by atoms with Crippen LogP contribution in [0.5, 0.6) is 0 Å². The number of aliphatic hydroxyl groups is 3. The van der Waals surface area contributed by atoms with Crippen molar-refractivity contribution in [2.45, 2.75) is 24.4 Å². The van der Waals surface area contributed by atoms with Gasteiger partial charge < -0.3 is 24.6 Å². The van der Waals surface area contributed by atoms with Crippen LogP contribution < -0.4 is 11.2 Å². The van der Waals surface area contributed by atoms with Gasteiger partial charge in [-0.25, -0.2) is 4.79 Å². The second kappa shape index (κ2) is 4.65. The molecule has 8 heteroatoms. The minimum atomic E-state index is -1.39. The van der Waals surface area contributed by atoms with Gasteiger partial charge in [0.25, 0.3) is 5.56 Å². The Morgan fingerprint density at radius 1 is 1.50 bits per heavy atom. The first kappa shape index (κ1) is 11.6. The Bertz CT molecular complexity index is 570. The van der Waals surface area contributed by atoms with Crippen LogP contribution >= 0.6 is 0 Å². The van der Waals surface area contributed by atoms with Crippen LogP contribution in [0.3, 0.4) is 0 Å². The third-order valence-corrected chi connectivity index (χ3v) is 2.89. The second-order valence-electron chi connectivity index (χ2n) is 4.07. The molecule has 0 amide bonds. The molecule has 0 radical (unpaired) electrons. The van der Waals surface area contributed by atoms with Crippen molar-refractivity contribution in [1.82, 2.24) is 9.55 Å². The Balaban J connectivity index is 2.43.